The van der Waals surface area contributed by atoms with Gasteiger partial charge in [-0.3, -0.25) is 4.79 Å². The van der Waals surface area contributed by atoms with Gasteiger partial charge in [0.15, 0.2) is 0 Å². The lowest BCUT2D eigenvalue weighted by Crippen LogP contribution is -2.66. The van der Waals surface area contributed by atoms with E-state index in [1.165, 1.54) is 0 Å². The number of carbonyl (C=O) groups excluding carboxylic acids is 1. The minimum Gasteiger partial charge on any atom is -0.471 e. The Kier molecular flexibility index (Phi) is 4.99. The molecule has 1 aliphatic rings. The number of aromatic nitrogens is 1. The van der Waals surface area contributed by atoms with Crippen molar-refractivity contribution in [2.45, 2.75) is 30.3 Å². The topological polar surface area (TPSA) is 42.4 Å². The number of amides is 1. The highest BCUT2D eigenvalue weighted by molar-refractivity contribution is 5.85. The molecule has 1 aliphatic heterocycles. The zero-order chi connectivity index (χ0) is 20.8. The minimum atomic E-state index is -6.66. The fourth-order valence-electron chi connectivity index (χ4n) is 2.00. The van der Waals surface area contributed by atoms with E-state index in [4.69, 9.17) is 4.74 Å². The summed E-state index contributed by atoms with van der Waals surface area (Å²) < 4.78 is 131. The van der Waals surface area contributed by atoms with Crippen molar-refractivity contribution in [1.82, 2.24) is 9.88 Å². The molecule has 0 spiro atoms. The van der Waals surface area contributed by atoms with Gasteiger partial charge in [-0.15, -0.1) is 0 Å². The molecule has 1 aromatic rings. The van der Waals surface area contributed by atoms with Gasteiger partial charge in [-0.2, -0.15) is 43.9 Å². The van der Waals surface area contributed by atoms with E-state index in [1.807, 2.05) is 0 Å². The predicted octanol–water partition coefficient (Wildman–Crippen LogP) is 3.52. The number of likely N-dealkylation sites (tertiary alicyclic amines) is 1. The zero-order valence-corrected chi connectivity index (χ0v) is 12.7. The van der Waals surface area contributed by atoms with Crippen LogP contribution in [-0.4, -0.2) is 53.0 Å². The molecule has 0 aliphatic carbocycles. The fraction of sp³-hybridized carbons (Fsp3) is 0.538. The van der Waals surface area contributed by atoms with Gasteiger partial charge in [-0.25, -0.2) is 4.98 Å². The van der Waals surface area contributed by atoms with Crippen LogP contribution in [0, 0.1) is 0 Å². The van der Waals surface area contributed by atoms with Crippen LogP contribution in [-0.2, 0) is 11.0 Å². The molecule has 1 saturated heterocycles. The molecule has 0 saturated carbocycles. The van der Waals surface area contributed by atoms with Crippen molar-refractivity contribution < 1.29 is 53.4 Å². The number of carbonyl (C=O) groups is 1. The molecule has 0 unspecified atom stereocenters. The molecule has 1 amide bonds. The smallest absolute Gasteiger partial charge is 0.460 e. The third-order valence-corrected chi connectivity index (χ3v) is 3.46. The first-order valence-corrected chi connectivity index (χ1v) is 6.90. The van der Waals surface area contributed by atoms with Crippen molar-refractivity contribution >= 4 is 5.91 Å². The second-order valence-corrected chi connectivity index (χ2v) is 5.46. The van der Waals surface area contributed by atoms with Gasteiger partial charge in [0.2, 0.25) is 5.88 Å². The molecule has 0 N–H and O–H groups in total. The van der Waals surface area contributed by atoms with E-state index in [0.29, 0.717) is 6.07 Å². The van der Waals surface area contributed by atoms with Crippen LogP contribution in [0.2, 0.25) is 0 Å². The molecular formula is C13H8F10N2O2. The van der Waals surface area contributed by atoms with Gasteiger partial charge in [0.1, 0.15) is 11.8 Å². The summed E-state index contributed by atoms with van der Waals surface area (Å²) in [5.74, 6) is -16.0. The van der Waals surface area contributed by atoms with Gasteiger partial charge in [-0.1, -0.05) is 6.07 Å². The molecule has 2 rings (SSSR count). The first-order valence-electron chi connectivity index (χ1n) is 6.90. The third-order valence-electron chi connectivity index (χ3n) is 3.46. The maximum Gasteiger partial charge on any atom is 0.460 e. The van der Waals surface area contributed by atoms with Crippen LogP contribution in [0.1, 0.15) is 5.69 Å². The molecule has 1 fully saturated rings. The normalized spacial score (nSPS) is 16.9. The van der Waals surface area contributed by atoms with Crippen molar-refractivity contribution in [3.8, 4) is 5.88 Å². The van der Waals surface area contributed by atoms with Crippen molar-refractivity contribution in [3.05, 3.63) is 23.9 Å². The quantitative estimate of drug-likeness (QED) is 0.709. The Balaban J connectivity index is 2.01. The number of hydrogen-bond donors (Lipinski definition) is 0. The molecule has 1 aromatic heterocycles. The standard InChI is InChI=1S/C13H8F10N2O2/c14-10(15,12(19,20)13(21,22)23)9(26)25-4-6(5-25)27-8-3-1-2-7(24-8)11(16,17)18/h1-3,6H,4-5H2. The molecule has 27 heavy (non-hydrogen) atoms. The van der Waals surface area contributed by atoms with E-state index < -0.39 is 60.9 Å². The summed E-state index contributed by atoms with van der Waals surface area (Å²) in [5.41, 5.74) is -1.33. The Hall–Kier alpha value is -2.28. The second kappa shape index (κ2) is 6.41. The average molecular weight is 414 g/mol. The molecule has 0 radical (unpaired) electrons. The molecule has 4 nitrogen and oxygen atoms in total. The molecule has 14 heteroatoms. The van der Waals surface area contributed by atoms with Crippen molar-refractivity contribution in [2.75, 3.05) is 13.1 Å². The maximum atomic E-state index is 13.3. The van der Waals surface area contributed by atoms with Crippen LogP contribution in [0.25, 0.3) is 0 Å². The number of pyridine rings is 1. The predicted molar refractivity (Wildman–Crippen MR) is 66.2 cm³/mol. The van der Waals surface area contributed by atoms with E-state index in [2.05, 4.69) is 4.98 Å². The lowest BCUT2D eigenvalue weighted by molar-refractivity contribution is -0.346. The van der Waals surface area contributed by atoms with Crippen LogP contribution >= 0.6 is 0 Å². The highest BCUT2D eigenvalue weighted by Gasteiger charge is 2.77. The summed E-state index contributed by atoms with van der Waals surface area (Å²) in [6, 6.07) is 2.51. The summed E-state index contributed by atoms with van der Waals surface area (Å²) >= 11 is 0. The van der Waals surface area contributed by atoms with Gasteiger partial charge in [0, 0.05) is 6.07 Å². The summed E-state index contributed by atoms with van der Waals surface area (Å²) in [7, 11) is 0. The van der Waals surface area contributed by atoms with Crippen LogP contribution in [0.5, 0.6) is 5.88 Å². The number of alkyl halides is 10. The maximum absolute atomic E-state index is 13.3. The van der Waals surface area contributed by atoms with Gasteiger partial charge in [0.05, 0.1) is 13.1 Å². The Morgan fingerprint density at radius 1 is 1.00 bits per heavy atom. The Bertz CT molecular complexity index is 710. The monoisotopic (exact) mass is 414 g/mol. The van der Waals surface area contributed by atoms with E-state index in [9.17, 15) is 48.7 Å². The van der Waals surface area contributed by atoms with E-state index in [1.54, 1.807) is 0 Å². The van der Waals surface area contributed by atoms with E-state index >= 15 is 0 Å². The lowest BCUT2D eigenvalue weighted by atomic mass is 10.1. The molecule has 152 valence electrons. The second-order valence-electron chi connectivity index (χ2n) is 5.46. The Labute approximate surface area is 143 Å². The molecular weight excluding hydrogens is 406 g/mol. The van der Waals surface area contributed by atoms with Crippen molar-refractivity contribution in [1.29, 1.82) is 0 Å². The number of rotatable bonds is 4. The number of ether oxygens (including phenoxy) is 1. The van der Waals surface area contributed by atoms with Crippen molar-refractivity contribution in [3.63, 3.8) is 0 Å². The Morgan fingerprint density at radius 2 is 1.56 bits per heavy atom. The third kappa shape index (κ3) is 3.88. The van der Waals surface area contributed by atoms with Crippen LogP contribution in [0.4, 0.5) is 43.9 Å². The van der Waals surface area contributed by atoms with E-state index in [0.717, 1.165) is 12.1 Å². The number of halogens is 10. The first kappa shape index (κ1) is 21.0. The fourth-order valence-corrected chi connectivity index (χ4v) is 2.00. The average Bonchev–Trinajstić information content (AvgIpc) is 2.48. The largest absolute Gasteiger partial charge is 0.471 e. The first-order chi connectivity index (χ1) is 12.1. The molecule has 0 atom stereocenters. The summed E-state index contributed by atoms with van der Waals surface area (Å²) in [6.07, 6.45) is -12.7. The summed E-state index contributed by atoms with van der Waals surface area (Å²) in [5, 5.41) is 0. The van der Waals surface area contributed by atoms with Crippen molar-refractivity contribution in [2.24, 2.45) is 0 Å². The SMILES string of the molecule is O=C(N1CC(Oc2cccc(C(F)(F)F)n2)C1)C(F)(F)C(F)(F)C(F)(F)F. The lowest BCUT2D eigenvalue weighted by Gasteiger charge is -2.41. The molecule has 0 bridgehead atoms. The highest BCUT2D eigenvalue weighted by Crippen LogP contribution is 2.47. The highest BCUT2D eigenvalue weighted by atomic mass is 19.4. The van der Waals surface area contributed by atoms with Gasteiger partial charge in [-0.05, 0) is 6.07 Å². The molecule has 0 aromatic carbocycles. The minimum absolute atomic E-state index is 0.0298. The van der Waals surface area contributed by atoms with Crippen LogP contribution in [0.3, 0.4) is 0 Å². The van der Waals surface area contributed by atoms with E-state index in [-0.39, 0.29) is 4.90 Å². The van der Waals surface area contributed by atoms with Crippen LogP contribution in [0.15, 0.2) is 18.2 Å². The summed E-state index contributed by atoms with van der Waals surface area (Å²) in [6.45, 7) is -1.67. The Morgan fingerprint density at radius 3 is 2.04 bits per heavy atom. The van der Waals surface area contributed by atoms with Gasteiger partial charge >= 0.3 is 24.2 Å². The number of nitrogens with zero attached hydrogens (tertiary/aromatic N) is 2. The van der Waals surface area contributed by atoms with Gasteiger partial charge in [0.25, 0.3) is 5.91 Å². The summed E-state index contributed by atoms with van der Waals surface area (Å²) in [4.78, 5) is 14.4. The van der Waals surface area contributed by atoms with Gasteiger partial charge < -0.3 is 9.64 Å². The van der Waals surface area contributed by atoms with Crippen LogP contribution < -0.4 is 4.74 Å². The zero-order valence-electron chi connectivity index (χ0n) is 12.7. The number of hydrogen-bond acceptors (Lipinski definition) is 3. The molecule has 2 heterocycles.